The second-order valence-electron chi connectivity index (χ2n) is 4.60. The summed E-state index contributed by atoms with van der Waals surface area (Å²) < 4.78 is 0. The normalized spacial score (nSPS) is 21.9. The van der Waals surface area contributed by atoms with Crippen LogP contribution in [0.15, 0.2) is 24.3 Å². The van der Waals surface area contributed by atoms with Crippen LogP contribution < -0.4 is 11.1 Å². The van der Waals surface area contributed by atoms with Crippen molar-refractivity contribution in [2.24, 2.45) is 17.6 Å². The van der Waals surface area contributed by atoms with Gasteiger partial charge >= 0.3 is 0 Å². The molecule has 0 bridgehead atoms. The van der Waals surface area contributed by atoms with Crippen molar-refractivity contribution in [3.05, 3.63) is 35.4 Å². The molecule has 2 rings (SSSR count). The first-order chi connectivity index (χ1) is 8.08. The summed E-state index contributed by atoms with van der Waals surface area (Å²) in [6.07, 6.45) is 1.02. The zero-order chi connectivity index (χ0) is 12.4. The Bertz CT molecular complexity index is 441. The Morgan fingerprint density at radius 2 is 2.06 bits per heavy atom. The van der Waals surface area contributed by atoms with Crippen molar-refractivity contribution in [2.75, 3.05) is 0 Å². The molecule has 3 nitrogen and oxygen atoms in total. The standard InChI is InChI=1S/C13H16N2OS/c1-8-6-11(8)13(16)15-7-9-2-4-10(5-3-9)12(14)17/h2-5,8,11H,6-7H2,1H3,(H2,14,17)(H,15,16). The fourth-order valence-corrected chi connectivity index (χ4v) is 1.93. The number of carbonyl (C=O) groups is 1. The topological polar surface area (TPSA) is 55.1 Å². The van der Waals surface area contributed by atoms with Crippen LogP contribution in [-0.4, -0.2) is 10.9 Å². The van der Waals surface area contributed by atoms with Gasteiger partial charge in [-0.3, -0.25) is 4.79 Å². The molecule has 0 saturated heterocycles. The maximum Gasteiger partial charge on any atom is 0.223 e. The van der Waals surface area contributed by atoms with Crippen LogP contribution in [0.1, 0.15) is 24.5 Å². The van der Waals surface area contributed by atoms with Crippen molar-refractivity contribution in [3.63, 3.8) is 0 Å². The molecule has 3 N–H and O–H groups in total. The smallest absolute Gasteiger partial charge is 0.223 e. The van der Waals surface area contributed by atoms with E-state index in [1.807, 2.05) is 24.3 Å². The van der Waals surface area contributed by atoms with Crippen molar-refractivity contribution in [1.82, 2.24) is 5.32 Å². The summed E-state index contributed by atoms with van der Waals surface area (Å²) in [6, 6.07) is 7.63. The number of rotatable bonds is 4. The van der Waals surface area contributed by atoms with Gasteiger partial charge in [-0.1, -0.05) is 43.4 Å². The zero-order valence-electron chi connectivity index (χ0n) is 9.77. The quantitative estimate of drug-likeness (QED) is 0.796. The molecule has 0 spiro atoms. The molecule has 90 valence electrons. The van der Waals surface area contributed by atoms with Crippen LogP contribution in [0, 0.1) is 11.8 Å². The molecule has 1 amide bonds. The monoisotopic (exact) mass is 248 g/mol. The van der Waals surface area contributed by atoms with Gasteiger partial charge in [0.15, 0.2) is 0 Å². The Morgan fingerprint density at radius 1 is 1.47 bits per heavy atom. The summed E-state index contributed by atoms with van der Waals surface area (Å²) >= 11 is 4.87. The molecular formula is C13H16N2OS. The minimum atomic E-state index is 0.163. The fourth-order valence-electron chi connectivity index (χ4n) is 1.79. The van der Waals surface area contributed by atoms with Crippen molar-refractivity contribution in [1.29, 1.82) is 0 Å². The van der Waals surface area contributed by atoms with Gasteiger partial charge in [-0.05, 0) is 17.9 Å². The van der Waals surface area contributed by atoms with Crippen LogP contribution in [0.2, 0.25) is 0 Å². The third-order valence-corrected chi connectivity index (χ3v) is 3.39. The molecule has 0 heterocycles. The molecule has 1 aliphatic rings. The lowest BCUT2D eigenvalue weighted by atomic mass is 10.1. The highest BCUT2D eigenvalue weighted by atomic mass is 32.1. The Labute approximate surface area is 106 Å². The fraction of sp³-hybridized carbons (Fsp3) is 0.385. The van der Waals surface area contributed by atoms with Crippen LogP contribution in [0.3, 0.4) is 0 Å². The molecule has 0 aliphatic heterocycles. The maximum atomic E-state index is 11.6. The van der Waals surface area contributed by atoms with Gasteiger partial charge in [0.2, 0.25) is 5.91 Å². The summed E-state index contributed by atoms with van der Waals surface area (Å²) in [5, 5.41) is 2.94. The van der Waals surface area contributed by atoms with E-state index in [4.69, 9.17) is 18.0 Å². The average molecular weight is 248 g/mol. The molecule has 4 heteroatoms. The van der Waals surface area contributed by atoms with Crippen LogP contribution in [0.5, 0.6) is 0 Å². The molecule has 1 saturated carbocycles. The number of hydrogen-bond acceptors (Lipinski definition) is 2. The van der Waals surface area contributed by atoms with Crippen molar-refractivity contribution < 1.29 is 4.79 Å². The zero-order valence-corrected chi connectivity index (χ0v) is 10.6. The third-order valence-electron chi connectivity index (χ3n) is 3.15. The number of benzene rings is 1. The Kier molecular flexibility index (Phi) is 3.43. The van der Waals surface area contributed by atoms with Crippen LogP contribution >= 0.6 is 12.2 Å². The first-order valence-electron chi connectivity index (χ1n) is 5.74. The number of nitrogens with two attached hydrogens (primary N) is 1. The van der Waals surface area contributed by atoms with Crippen molar-refractivity contribution >= 4 is 23.1 Å². The highest BCUT2D eigenvalue weighted by Crippen LogP contribution is 2.37. The minimum absolute atomic E-state index is 0.163. The molecule has 1 fully saturated rings. The van der Waals surface area contributed by atoms with E-state index in [9.17, 15) is 4.79 Å². The van der Waals surface area contributed by atoms with E-state index in [0.717, 1.165) is 17.5 Å². The lowest BCUT2D eigenvalue weighted by Gasteiger charge is -2.05. The second kappa shape index (κ2) is 4.84. The van der Waals surface area contributed by atoms with Crippen LogP contribution in [0.4, 0.5) is 0 Å². The van der Waals surface area contributed by atoms with E-state index in [1.165, 1.54) is 0 Å². The van der Waals surface area contributed by atoms with E-state index in [2.05, 4.69) is 12.2 Å². The van der Waals surface area contributed by atoms with Gasteiger partial charge in [0.25, 0.3) is 0 Å². The molecule has 17 heavy (non-hydrogen) atoms. The van der Waals surface area contributed by atoms with Crippen molar-refractivity contribution in [3.8, 4) is 0 Å². The second-order valence-corrected chi connectivity index (χ2v) is 5.04. The van der Waals surface area contributed by atoms with E-state index in [-0.39, 0.29) is 11.8 Å². The van der Waals surface area contributed by atoms with Gasteiger partial charge in [0.05, 0.1) is 0 Å². The summed E-state index contributed by atoms with van der Waals surface area (Å²) in [5.41, 5.74) is 7.43. The number of carbonyl (C=O) groups excluding carboxylic acids is 1. The minimum Gasteiger partial charge on any atom is -0.389 e. The number of amides is 1. The predicted molar refractivity (Wildman–Crippen MR) is 71.4 cm³/mol. The van der Waals surface area contributed by atoms with Gasteiger partial charge < -0.3 is 11.1 Å². The molecule has 2 atom stereocenters. The molecule has 0 radical (unpaired) electrons. The number of nitrogens with one attached hydrogen (secondary N) is 1. The van der Waals surface area contributed by atoms with Crippen LogP contribution in [-0.2, 0) is 11.3 Å². The van der Waals surface area contributed by atoms with E-state index in [1.54, 1.807) is 0 Å². The molecule has 0 aromatic heterocycles. The molecule has 1 aromatic rings. The highest BCUT2D eigenvalue weighted by Gasteiger charge is 2.38. The summed E-state index contributed by atoms with van der Waals surface area (Å²) in [5.74, 6) is 0.939. The summed E-state index contributed by atoms with van der Waals surface area (Å²) in [7, 11) is 0. The average Bonchev–Trinajstić information content (AvgIpc) is 3.04. The Morgan fingerprint density at radius 3 is 2.53 bits per heavy atom. The Hall–Kier alpha value is -1.42. The van der Waals surface area contributed by atoms with E-state index < -0.39 is 0 Å². The molecule has 1 aromatic carbocycles. The van der Waals surface area contributed by atoms with Crippen molar-refractivity contribution in [2.45, 2.75) is 19.9 Å². The van der Waals surface area contributed by atoms with Gasteiger partial charge in [-0.2, -0.15) is 0 Å². The lowest BCUT2D eigenvalue weighted by molar-refractivity contribution is -0.122. The van der Waals surface area contributed by atoms with Gasteiger partial charge in [-0.15, -0.1) is 0 Å². The Balaban J connectivity index is 1.86. The molecular weight excluding hydrogens is 232 g/mol. The third kappa shape index (κ3) is 3.03. The summed E-state index contributed by atoms with van der Waals surface area (Å²) in [4.78, 5) is 12.0. The largest absolute Gasteiger partial charge is 0.389 e. The first kappa shape index (κ1) is 12.0. The first-order valence-corrected chi connectivity index (χ1v) is 6.15. The highest BCUT2D eigenvalue weighted by molar-refractivity contribution is 7.80. The van der Waals surface area contributed by atoms with E-state index in [0.29, 0.717) is 17.5 Å². The van der Waals surface area contributed by atoms with E-state index >= 15 is 0 Å². The number of thiocarbonyl (C=S) groups is 1. The predicted octanol–water partition coefficient (Wildman–Crippen LogP) is 1.59. The van der Waals surface area contributed by atoms with Gasteiger partial charge in [0, 0.05) is 18.0 Å². The van der Waals surface area contributed by atoms with Gasteiger partial charge in [0.1, 0.15) is 4.99 Å². The van der Waals surface area contributed by atoms with Crippen LogP contribution in [0.25, 0.3) is 0 Å². The lowest BCUT2D eigenvalue weighted by Crippen LogP contribution is -2.24. The SMILES string of the molecule is CC1CC1C(=O)NCc1ccc(C(N)=S)cc1. The number of hydrogen-bond donors (Lipinski definition) is 2. The summed E-state index contributed by atoms with van der Waals surface area (Å²) in [6.45, 7) is 2.67. The van der Waals surface area contributed by atoms with Gasteiger partial charge in [-0.25, -0.2) is 0 Å². The molecule has 1 aliphatic carbocycles. The maximum absolute atomic E-state index is 11.6. The molecule has 2 unspecified atom stereocenters.